The van der Waals surface area contributed by atoms with E-state index in [0.29, 0.717) is 19.7 Å². The van der Waals surface area contributed by atoms with E-state index in [1.165, 1.54) is 0 Å². The minimum Gasteiger partial charge on any atom is -0.278 e. The summed E-state index contributed by atoms with van der Waals surface area (Å²) < 4.78 is 29.5. The third-order valence-electron chi connectivity index (χ3n) is 2.68. The standard InChI is InChI=1S/C13H9Br3ClNO2S/c1-7-4-10(16)13(6-9(7)15)21(19,20)18-12-5-8(14)2-3-11(12)17/h2-6,18H,1H3. The molecule has 0 saturated heterocycles. The van der Waals surface area contributed by atoms with Crippen molar-refractivity contribution in [3.63, 3.8) is 0 Å². The predicted molar refractivity (Wildman–Crippen MR) is 96.5 cm³/mol. The van der Waals surface area contributed by atoms with Crippen molar-refractivity contribution in [2.24, 2.45) is 0 Å². The Hall–Kier alpha value is -0.0800. The van der Waals surface area contributed by atoms with E-state index < -0.39 is 10.0 Å². The van der Waals surface area contributed by atoms with Gasteiger partial charge in [-0.2, -0.15) is 0 Å². The molecular weight excluding hydrogens is 509 g/mol. The van der Waals surface area contributed by atoms with E-state index in [2.05, 4.69) is 52.5 Å². The Kier molecular flexibility index (Phi) is 5.41. The Labute approximate surface area is 153 Å². The highest BCUT2D eigenvalue weighted by molar-refractivity contribution is 9.11. The first-order valence-corrected chi connectivity index (χ1v) is 9.88. The largest absolute Gasteiger partial charge is 0.278 e. The summed E-state index contributed by atoms with van der Waals surface area (Å²) in [5.74, 6) is 0. The molecule has 8 heteroatoms. The first kappa shape index (κ1) is 17.3. The van der Waals surface area contributed by atoms with Crippen molar-refractivity contribution in [3.8, 4) is 0 Å². The lowest BCUT2D eigenvalue weighted by atomic mass is 10.2. The summed E-state index contributed by atoms with van der Waals surface area (Å²) in [7, 11) is -3.75. The lowest BCUT2D eigenvalue weighted by Gasteiger charge is -2.12. The maximum atomic E-state index is 12.5. The average Bonchev–Trinajstić information content (AvgIpc) is 2.37. The minimum absolute atomic E-state index is 0.135. The number of hydrogen-bond acceptors (Lipinski definition) is 2. The summed E-state index contributed by atoms with van der Waals surface area (Å²) in [4.78, 5) is 0.135. The van der Waals surface area contributed by atoms with Crippen molar-refractivity contribution < 1.29 is 8.42 Å². The molecule has 0 aliphatic heterocycles. The normalized spacial score (nSPS) is 11.5. The average molecular weight is 518 g/mol. The maximum Gasteiger partial charge on any atom is 0.263 e. The Bertz CT molecular complexity index is 809. The van der Waals surface area contributed by atoms with Gasteiger partial charge in [-0.3, -0.25) is 4.72 Å². The van der Waals surface area contributed by atoms with Crippen molar-refractivity contribution in [1.29, 1.82) is 0 Å². The molecule has 0 heterocycles. The van der Waals surface area contributed by atoms with Crippen LogP contribution in [0.15, 0.2) is 48.6 Å². The Morgan fingerprint density at radius 2 is 1.71 bits per heavy atom. The Morgan fingerprint density at radius 3 is 2.38 bits per heavy atom. The van der Waals surface area contributed by atoms with Crippen LogP contribution >= 0.6 is 59.4 Å². The number of nitrogens with one attached hydrogen (secondary N) is 1. The molecule has 3 nitrogen and oxygen atoms in total. The summed E-state index contributed by atoms with van der Waals surface area (Å²) in [5.41, 5.74) is 1.25. The van der Waals surface area contributed by atoms with E-state index >= 15 is 0 Å². The van der Waals surface area contributed by atoms with Crippen LogP contribution in [-0.2, 0) is 10.0 Å². The van der Waals surface area contributed by atoms with E-state index in [1.54, 1.807) is 30.3 Å². The van der Waals surface area contributed by atoms with Gasteiger partial charge in [0, 0.05) is 13.4 Å². The zero-order valence-electron chi connectivity index (χ0n) is 10.6. The number of rotatable bonds is 3. The van der Waals surface area contributed by atoms with Crippen LogP contribution < -0.4 is 4.72 Å². The lowest BCUT2D eigenvalue weighted by molar-refractivity contribution is 0.600. The van der Waals surface area contributed by atoms with Gasteiger partial charge in [-0.25, -0.2) is 8.42 Å². The summed E-state index contributed by atoms with van der Waals surface area (Å²) in [6, 6.07) is 8.24. The van der Waals surface area contributed by atoms with Crippen LogP contribution in [0.3, 0.4) is 0 Å². The zero-order valence-corrected chi connectivity index (χ0v) is 17.0. The third kappa shape index (κ3) is 4.01. The molecule has 0 amide bonds. The van der Waals surface area contributed by atoms with Gasteiger partial charge in [0.15, 0.2) is 0 Å². The first-order chi connectivity index (χ1) is 9.70. The van der Waals surface area contributed by atoms with E-state index in [1.807, 2.05) is 6.92 Å². The number of hydrogen-bond donors (Lipinski definition) is 1. The molecule has 0 bridgehead atoms. The van der Waals surface area contributed by atoms with Gasteiger partial charge < -0.3 is 0 Å². The number of benzene rings is 2. The van der Waals surface area contributed by atoms with E-state index in [4.69, 9.17) is 11.6 Å². The fourth-order valence-electron chi connectivity index (χ4n) is 1.61. The van der Waals surface area contributed by atoms with Crippen LogP contribution in [0, 0.1) is 6.92 Å². The van der Waals surface area contributed by atoms with Gasteiger partial charge >= 0.3 is 0 Å². The highest BCUT2D eigenvalue weighted by atomic mass is 79.9. The van der Waals surface area contributed by atoms with Crippen molar-refractivity contribution in [2.75, 3.05) is 4.72 Å². The molecule has 21 heavy (non-hydrogen) atoms. The molecule has 0 atom stereocenters. The van der Waals surface area contributed by atoms with Crippen LogP contribution in [0.4, 0.5) is 5.69 Å². The van der Waals surface area contributed by atoms with E-state index in [-0.39, 0.29) is 4.90 Å². The molecule has 2 rings (SSSR count). The molecule has 2 aromatic carbocycles. The molecule has 0 spiro atoms. The number of halogens is 4. The molecule has 0 aliphatic carbocycles. The smallest absolute Gasteiger partial charge is 0.263 e. The summed E-state index contributed by atoms with van der Waals surface area (Å²) in [5, 5.41) is 0.323. The Morgan fingerprint density at radius 1 is 1.05 bits per heavy atom. The molecule has 1 N–H and O–H groups in total. The van der Waals surface area contributed by atoms with Gasteiger partial charge in [-0.1, -0.05) is 43.5 Å². The molecule has 0 unspecified atom stereocenters. The molecule has 112 valence electrons. The first-order valence-electron chi connectivity index (χ1n) is 5.64. The van der Waals surface area contributed by atoms with Crippen LogP contribution in [0.2, 0.25) is 5.02 Å². The van der Waals surface area contributed by atoms with Gasteiger partial charge in [0.05, 0.1) is 10.7 Å². The molecule has 0 fully saturated rings. The summed E-state index contributed by atoms with van der Waals surface area (Å²) in [6.45, 7) is 1.88. The third-order valence-corrected chi connectivity index (χ3v) is 6.68. The molecular formula is C13H9Br3ClNO2S. The summed E-state index contributed by atoms with van der Waals surface area (Å²) >= 11 is 15.9. The second kappa shape index (κ2) is 6.58. The van der Waals surface area contributed by atoms with Gasteiger partial charge in [-0.15, -0.1) is 0 Å². The van der Waals surface area contributed by atoms with Gasteiger partial charge in [0.1, 0.15) is 4.90 Å². The molecule has 0 aromatic heterocycles. The second-order valence-corrected chi connectivity index (χ2v) is 8.94. The van der Waals surface area contributed by atoms with Crippen LogP contribution in [0.5, 0.6) is 0 Å². The van der Waals surface area contributed by atoms with Crippen molar-refractivity contribution in [2.45, 2.75) is 11.8 Å². The second-order valence-electron chi connectivity index (χ2n) is 4.26. The number of sulfonamides is 1. The Balaban J connectivity index is 2.48. The molecule has 0 radical (unpaired) electrons. The monoisotopic (exact) mass is 515 g/mol. The zero-order chi connectivity index (χ0) is 15.8. The van der Waals surface area contributed by atoms with E-state index in [9.17, 15) is 8.42 Å². The van der Waals surface area contributed by atoms with Crippen molar-refractivity contribution in [3.05, 3.63) is 54.3 Å². The fraction of sp³-hybridized carbons (Fsp3) is 0.0769. The summed E-state index contributed by atoms with van der Waals surface area (Å²) in [6.07, 6.45) is 0. The van der Waals surface area contributed by atoms with Crippen LogP contribution in [-0.4, -0.2) is 8.42 Å². The molecule has 0 aliphatic rings. The lowest BCUT2D eigenvalue weighted by Crippen LogP contribution is -2.14. The SMILES string of the molecule is Cc1cc(Br)c(S(=O)(=O)Nc2cc(Br)ccc2Cl)cc1Br. The number of aryl methyl sites for hydroxylation is 1. The minimum atomic E-state index is -3.75. The number of anilines is 1. The van der Waals surface area contributed by atoms with Crippen molar-refractivity contribution >= 4 is 75.1 Å². The molecule has 2 aromatic rings. The van der Waals surface area contributed by atoms with Crippen molar-refractivity contribution in [1.82, 2.24) is 0 Å². The molecule has 0 saturated carbocycles. The van der Waals surface area contributed by atoms with Gasteiger partial charge in [-0.05, 0) is 58.7 Å². The fourth-order valence-corrected chi connectivity index (χ4v) is 4.94. The highest BCUT2D eigenvalue weighted by Gasteiger charge is 2.20. The van der Waals surface area contributed by atoms with Gasteiger partial charge in [0.25, 0.3) is 10.0 Å². The predicted octanol–water partition coefficient (Wildman–Crippen LogP) is 5.74. The van der Waals surface area contributed by atoms with E-state index in [0.717, 1.165) is 10.0 Å². The van der Waals surface area contributed by atoms with Crippen LogP contribution in [0.1, 0.15) is 5.56 Å². The highest BCUT2D eigenvalue weighted by Crippen LogP contribution is 2.32. The van der Waals surface area contributed by atoms with Crippen LogP contribution in [0.25, 0.3) is 0 Å². The quantitative estimate of drug-likeness (QED) is 0.564. The van der Waals surface area contributed by atoms with Gasteiger partial charge in [0.2, 0.25) is 0 Å². The maximum absolute atomic E-state index is 12.5. The topological polar surface area (TPSA) is 46.2 Å².